The van der Waals surface area contributed by atoms with Gasteiger partial charge in [0.15, 0.2) is 0 Å². The van der Waals surface area contributed by atoms with Gasteiger partial charge in [-0.2, -0.15) is 0 Å². The van der Waals surface area contributed by atoms with Crippen LogP contribution in [0, 0.1) is 0 Å². The molecular formula is C37H74Cl6O2Si2. The number of alkyl halides is 1. The lowest BCUT2D eigenvalue weighted by molar-refractivity contribution is 0.125. The first-order chi connectivity index (χ1) is 22.8. The molecule has 0 atom stereocenters. The lowest BCUT2D eigenvalue weighted by atomic mass is 10.1. The summed E-state index contributed by atoms with van der Waals surface area (Å²) < 4.78 is 11.6. The molecule has 0 rings (SSSR count). The molecule has 0 bridgehead atoms. The van der Waals surface area contributed by atoms with E-state index in [9.17, 15) is 0 Å². The van der Waals surface area contributed by atoms with Gasteiger partial charge in [-0.3, -0.25) is 0 Å². The fourth-order valence-corrected chi connectivity index (χ4v) is 11.5. The highest BCUT2D eigenvalue weighted by atomic mass is 35.8. The standard InChI is InChI=1S/C37H74Cl6O2Si2/c38-30-22-14-18-26-34-45-33-25-17-10-4-3-9-16-24-32-44-31-23-15-8-2-1-5-11-19-27-35-46(39,40)36-28-20-12-6-7-13-21-29-37-47(41,42)43/h1-37H2. The Morgan fingerprint density at radius 2 is 0.511 bits per heavy atom. The third-order valence-corrected chi connectivity index (χ3v) is 16.4. The van der Waals surface area contributed by atoms with Crippen molar-refractivity contribution in [3.63, 3.8) is 0 Å². The van der Waals surface area contributed by atoms with E-state index in [1.807, 2.05) is 0 Å². The van der Waals surface area contributed by atoms with E-state index in [0.717, 1.165) is 63.3 Å². The molecule has 0 saturated carbocycles. The average Bonchev–Trinajstić information content (AvgIpc) is 3.02. The minimum Gasteiger partial charge on any atom is -0.381 e. The van der Waals surface area contributed by atoms with Gasteiger partial charge in [-0.05, 0) is 50.2 Å². The summed E-state index contributed by atoms with van der Waals surface area (Å²) in [7, 11) is 0. The van der Waals surface area contributed by atoms with Crippen LogP contribution >= 0.6 is 67.0 Å². The zero-order chi connectivity index (χ0) is 34.6. The van der Waals surface area contributed by atoms with Crippen LogP contribution in [0.25, 0.3) is 0 Å². The Bertz CT molecular complexity index is 614. The SMILES string of the molecule is ClCCCCCCOCCCCCCCCCCOCCCCCCCCCCC[Si](Cl)(Cl)CCCCCCCCCC[Si](Cl)(Cl)Cl. The summed E-state index contributed by atoms with van der Waals surface area (Å²) in [5, 5.41) is 0. The van der Waals surface area contributed by atoms with Crippen LogP contribution in [-0.4, -0.2) is 45.0 Å². The highest BCUT2D eigenvalue weighted by Gasteiger charge is 2.26. The highest BCUT2D eigenvalue weighted by molar-refractivity contribution is 7.64. The number of rotatable bonds is 40. The molecule has 0 aliphatic rings. The lowest BCUT2D eigenvalue weighted by Gasteiger charge is -2.16. The number of hydrogen-bond acceptors (Lipinski definition) is 2. The second kappa shape index (κ2) is 37.8. The molecule has 0 N–H and O–H groups in total. The average molecular weight is 820 g/mol. The molecule has 47 heavy (non-hydrogen) atoms. The molecule has 0 aromatic heterocycles. The Morgan fingerprint density at radius 3 is 0.787 bits per heavy atom. The first-order valence-corrected chi connectivity index (χ1v) is 30.1. The lowest BCUT2D eigenvalue weighted by Crippen LogP contribution is -2.18. The van der Waals surface area contributed by atoms with Crippen molar-refractivity contribution in [1.82, 2.24) is 0 Å². The van der Waals surface area contributed by atoms with Gasteiger partial charge in [0.05, 0.1) is 0 Å². The molecule has 0 heterocycles. The molecule has 0 aromatic rings. The number of unbranched alkanes of at least 4 members (excludes halogenated alkanes) is 25. The second-order valence-corrected chi connectivity index (χ2v) is 31.2. The van der Waals surface area contributed by atoms with Gasteiger partial charge >= 0.3 is 6.00 Å². The first-order valence-electron chi connectivity index (χ1n) is 19.9. The van der Waals surface area contributed by atoms with E-state index in [-0.39, 0.29) is 0 Å². The van der Waals surface area contributed by atoms with Gasteiger partial charge in [-0.25, -0.2) is 0 Å². The molecule has 0 amide bonds. The van der Waals surface area contributed by atoms with Crippen LogP contribution in [-0.2, 0) is 9.47 Å². The molecule has 0 aliphatic carbocycles. The monoisotopic (exact) mass is 816 g/mol. The zero-order valence-electron chi connectivity index (χ0n) is 30.2. The van der Waals surface area contributed by atoms with E-state index >= 15 is 0 Å². The molecule has 0 unspecified atom stereocenters. The minimum atomic E-state index is -2.41. The van der Waals surface area contributed by atoms with Crippen molar-refractivity contribution in [2.24, 2.45) is 0 Å². The van der Waals surface area contributed by atoms with Crippen LogP contribution in [0.2, 0.25) is 18.1 Å². The maximum Gasteiger partial charge on any atom is 0.341 e. The summed E-state index contributed by atoms with van der Waals surface area (Å²) in [6, 6.07) is 0.507. The summed E-state index contributed by atoms with van der Waals surface area (Å²) in [5.74, 6) is 0.792. The van der Waals surface area contributed by atoms with Gasteiger partial charge in [0, 0.05) is 32.3 Å². The molecular weight excluding hydrogens is 745 g/mol. The van der Waals surface area contributed by atoms with Crippen LogP contribution in [0.3, 0.4) is 0 Å². The van der Waals surface area contributed by atoms with E-state index in [0.29, 0.717) is 0 Å². The molecule has 2 nitrogen and oxygen atoms in total. The predicted octanol–water partition coefficient (Wildman–Crippen LogP) is 16.1. The number of halogens is 6. The Kier molecular flexibility index (Phi) is 39.5. The fraction of sp³-hybridized carbons (Fsp3) is 1.00. The Morgan fingerprint density at radius 1 is 0.277 bits per heavy atom. The largest absolute Gasteiger partial charge is 0.381 e. The fourth-order valence-electron chi connectivity index (χ4n) is 6.05. The molecule has 0 spiro atoms. The zero-order valence-corrected chi connectivity index (χ0v) is 36.8. The van der Waals surface area contributed by atoms with Crippen molar-refractivity contribution in [1.29, 1.82) is 0 Å². The molecule has 10 heteroatoms. The number of hydrogen-bond donors (Lipinski definition) is 0. The van der Waals surface area contributed by atoms with Crippen molar-refractivity contribution in [2.75, 3.05) is 32.3 Å². The van der Waals surface area contributed by atoms with Crippen LogP contribution in [0.15, 0.2) is 0 Å². The predicted molar refractivity (Wildman–Crippen MR) is 221 cm³/mol. The molecule has 284 valence electrons. The first kappa shape index (κ1) is 49.1. The third-order valence-electron chi connectivity index (χ3n) is 9.08. The summed E-state index contributed by atoms with van der Waals surface area (Å²) in [5.41, 5.74) is 0. The Labute approximate surface area is 323 Å². The van der Waals surface area contributed by atoms with E-state index in [4.69, 9.17) is 76.5 Å². The summed E-state index contributed by atoms with van der Waals surface area (Å²) in [6.07, 6.45) is 36.9. The van der Waals surface area contributed by atoms with E-state index in [1.165, 1.54) is 173 Å². The van der Waals surface area contributed by atoms with Gasteiger partial charge in [0.2, 0.25) is 0 Å². The van der Waals surface area contributed by atoms with E-state index in [1.54, 1.807) is 0 Å². The van der Waals surface area contributed by atoms with Crippen molar-refractivity contribution >= 4 is 79.7 Å². The Balaban J connectivity index is 3.23. The summed E-state index contributed by atoms with van der Waals surface area (Å²) in [4.78, 5) is 0. The van der Waals surface area contributed by atoms with E-state index in [2.05, 4.69) is 0 Å². The van der Waals surface area contributed by atoms with Crippen LogP contribution < -0.4 is 0 Å². The quantitative estimate of drug-likeness (QED) is 0.0265. The van der Waals surface area contributed by atoms with Gasteiger partial charge in [-0.1, -0.05) is 154 Å². The van der Waals surface area contributed by atoms with Gasteiger partial charge in [0.1, 0.15) is 0 Å². The normalized spacial score (nSPS) is 12.4. The molecule has 0 saturated heterocycles. The maximum absolute atomic E-state index is 6.74. The van der Waals surface area contributed by atoms with Gasteiger partial charge in [0.25, 0.3) is 6.69 Å². The van der Waals surface area contributed by atoms with Crippen molar-refractivity contribution in [3.05, 3.63) is 0 Å². The minimum absolute atomic E-state index is 0.792. The molecule has 0 aliphatic heterocycles. The Hall–Kier alpha value is 2.09. The van der Waals surface area contributed by atoms with E-state index < -0.39 is 12.7 Å². The van der Waals surface area contributed by atoms with Crippen molar-refractivity contribution in [2.45, 2.75) is 204 Å². The van der Waals surface area contributed by atoms with Crippen molar-refractivity contribution < 1.29 is 9.47 Å². The molecule has 0 radical (unpaired) electrons. The highest BCUT2D eigenvalue weighted by Crippen LogP contribution is 2.31. The third kappa shape index (κ3) is 44.2. The van der Waals surface area contributed by atoms with Crippen LogP contribution in [0.4, 0.5) is 0 Å². The van der Waals surface area contributed by atoms with Crippen LogP contribution in [0.1, 0.15) is 186 Å². The summed E-state index contributed by atoms with van der Waals surface area (Å²) in [6.45, 7) is 1.72. The van der Waals surface area contributed by atoms with Gasteiger partial charge < -0.3 is 9.47 Å². The number of ether oxygens (including phenoxy) is 2. The van der Waals surface area contributed by atoms with Crippen molar-refractivity contribution in [3.8, 4) is 0 Å². The summed E-state index contributed by atoms with van der Waals surface area (Å²) >= 11 is 37.0. The van der Waals surface area contributed by atoms with Crippen LogP contribution in [0.5, 0.6) is 0 Å². The second-order valence-electron chi connectivity index (χ2n) is 13.9. The molecule has 0 aromatic carbocycles. The van der Waals surface area contributed by atoms with Gasteiger partial charge in [-0.15, -0.1) is 67.0 Å². The maximum atomic E-state index is 6.74. The topological polar surface area (TPSA) is 18.5 Å². The molecule has 0 fully saturated rings. The smallest absolute Gasteiger partial charge is 0.341 e.